The van der Waals surface area contributed by atoms with Gasteiger partial charge in [-0.3, -0.25) is 4.79 Å². The van der Waals surface area contributed by atoms with Crippen LogP contribution in [-0.4, -0.2) is 44.5 Å². The first kappa shape index (κ1) is 14.9. The Morgan fingerprint density at radius 3 is 2.75 bits per heavy atom. The van der Waals surface area contributed by atoms with Crippen molar-refractivity contribution in [3.05, 3.63) is 17.7 Å². The summed E-state index contributed by atoms with van der Waals surface area (Å²) in [5.41, 5.74) is -0.214. The van der Waals surface area contributed by atoms with E-state index in [4.69, 9.17) is 5.11 Å². The number of hydrogen-bond donors (Lipinski definition) is 3. The Morgan fingerprint density at radius 1 is 1.45 bits per heavy atom. The molecule has 110 valence electrons. The number of aromatic carboxylic acids is 1. The van der Waals surface area contributed by atoms with Crippen LogP contribution in [0.4, 0.5) is 0 Å². The summed E-state index contributed by atoms with van der Waals surface area (Å²) < 4.78 is 0.0770. The fraction of sp³-hybridized carbons (Fsp3) is 0.615. The van der Waals surface area contributed by atoms with E-state index in [1.165, 1.54) is 25.6 Å². The average Bonchev–Trinajstić information content (AvgIpc) is 2.95. The van der Waals surface area contributed by atoms with E-state index in [1.54, 1.807) is 11.8 Å². The van der Waals surface area contributed by atoms with Gasteiger partial charge in [0.05, 0.1) is 6.33 Å². The van der Waals surface area contributed by atoms with E-state index in [-0.39, 0.29) is 16.1 Å². The number of hydrogen-bond acceptors (Lipinski definition) is 4. The van der Waals surface area contributed by atoms with E-state index < -0.39 is 11.9 Å². The maximum atomic E-state index is 12.1. The van der Waals surface area contributed by atoms with Crippen molar-refractivity contribution in [2.24, 2.45) is 0 Å². The van der Waals surface area contributed by atoms with Crippen LogP contribution >= 0.6 is 11.8 Å². The predicted octanol–water partition coefficient (Wildman–Crippen LogP) is 1.90. The number of aromatic nitrogens is 2. The zero-order valence-electron chi connectivity index (χ0n) is 11.4. The van der Waals surface area contributed by atoms with E-state index in [1.807, 2.05) is 0 Å². The Morgan fingerprint density at radius 2 is 2.15 bits per heavy atom. The number of carboxylic acids is 1. The van der Waals surface area contributed by atoms with Gasteiger partial charge in [0.15, 0.2) is 11.4 Å². The lowest BCUT2D eigenvalue weighted by atomic mass is 9.88. The lowest BCUT2D eigenvalue weighted by molar-refractivity contribution is 0.0685. The predicted molar refractivity (Wildman–Crippen MR) is 77.2 cm³/mol. The molecule has 1 aliphatic rings. The van der Waals surface area contributed by atoms with Gasteiger partial charge in [0.1, 0.15) is 0 Å². The first-order chi connectivity index (χ1) is 9.58. The number of carbonyl (C=O) groups excluding carboxylic acids is 1. The Kier molecular flexibility index (Phi) is 4.69. The summed E-state index contributed by atoms with van der Waals surface area (Å²) in [6, 6.07) is 0. The maximum Gasteiger partial charge on any atom is 0.354 e. The maximum absolute atomic E-state index is 12.1. The number of carboxylic acid groups (broad SMARTS) is 1. The number of thioether (sulfide) groups is 1. The van der Waals surface area contributed by atoms with Crippen molar-refractivity contribution in [1.29, 1.82) is 0 Å². The normalized spacial score (nSPS) is 17.6. The number of nitrogens with zero attached hydrogens (tertiary/aromatic N) is 1. The second kappa shape index (κ2) is 6.30. The number of H-pyrrole nitrogens is 1. The van der Waals surface area contributed by atoms with Crippen molar-refractivity contribution in [3.63, 3.8) is 0 Å². The molecule has 1 saturated carbocycles. The van der Waals surface area contributed by atoms with Gasteiger partial charge in [-0.25, -0.2) is 9.78 Å². The highest BCUT2D eigenvalue weighted by atomic mass is 32.2. The summed E-state index contributed by atoms with van der Waals surface area (Å²) in [4.78, 5) is 29.3. The molecule has 0 saturated heterocycles. The minimum Gasteiger partial charge on any atom is -0.477 e. The van der Waals surface area contributed by atoms with Gasteiger partial charge in [0, 0.05) is 11.3 Å². The quantitative estimate of drug-likeness (QED) is 0.771. The lowest BCUT2D eigenvalue weighted by Gasteiger charge is -2.35. The molecular weight excluding hydrogens is 278 g/mol. The third kappa shape index (κ3) is 3.15. The second-order valence-electron chi connectivity index (χ2n) is 5.06. The highest BCUT2D eigenvalue weighted by Gasteiger charge is 2.32. The minimum atomic E-state index is -1.18. The van der Waals surface area contributed by atoms with E-state index in [0.29, 0.717) is 6.54 Å². The molecule has 0 unspecified atom stereocenters. The molecule has 0 radical (unpaired) electrons. The smallest absolute Gasteiger partial charge is 0.354 e. The lowest BCUT2D eigenvalue weighted by Crippen LogP contribution is -2.42. The van der Waals surface area contributed by atoms with Crippen LogP contribution in [0, 0.1) is 0 Å². The number of rotatable bonds is 5. The van der Waals surface area contributed by atoms with Gasteiger partial charge in [-0.1, -0.05) is 19.3 Å². The van der Waals surface area contributed by atoms with Crippen molar-refractivity contribution in [3.8, 4) is 0 Å². The first-order valence-corrected chi connectivity index (χ1v) is 7.90. The fourth-order valence-electron chi connectivity index (χ4n) is 2.60. The molecular formula is C13H19N3O3S. The fourth-order valence-corrected chi connectivity index (χ4v) is 3.52. The third-order valence-electron chi connectivity index (χ3n) is 3.84. The van der Waals surface area contributed by atoms with Crippen LogP contribution in [-0.2, 0) is 0 Å². The van der Waals surface area contributed by atoms with E-state index in [0.717, 1.165) is 12.8 Å². The summed E-state index contributed by atoms with van der Waals surface area (Å²) in [6.45, 7) is 0.554. The Balaban J connectivity index is 2.01. The van der Waals surface area contributed by atoms with Gasteiger partial charge in [0.2, 0.25) is 0 Å². The zero-order valence-corrected chi connectivity index (χ0v) is 12.3. The summed E-state index contributed by atoms with van der Waals surface area (Å²) in [5.74, 6) is -1.60. The highest BCUT2D eigenvalue weighted by molar-refractivity contribution is 8.00. The molecule has 6 nitrogen and oxygen atoms in total. The number of carbonyl (C=O) groups is 2. The standard InChI is InChI=1S/C13H19N3O3S/c1-20-13(5-3-2-4-6-13)7-14-11(17)9-10(12(18)19)16-8-15-9/h8H,2-7H2,1H3,(H,14,17)(H,15,16)(H,18,19). The van der Waals surface area contributed by atoms with Crippen LogP contribution in [0.25, 0.3) is 0 Å². The van der Waals surface area contributed by atoms with Crippen molar-refractivity contribution in [1.82, 2.24) is 15.3 Å². The molecule has 1 aromatic heterocycles. The number of amides is 1. The number of imidazole rings is 1. The van der Waals surface area contributed by atoms with Gasteiger partial charge >= 0.3 is 5.97 Å². The topological polar surface area (TPSA) is 95.1 Å². The van der Waals surface area contributed by atoms with Crippen LogP contribution in [0.2, 0.25) is 0 Å². The van der Waals surface area contributed by atoms with Crippen molar-refractivity contribution in [2.45, 2.75) is 36.9 Å². The van der Waals surface area contributed by atoms with Crippen LogP contribution in [0.5, 0.6) is 0 Å². The van der Waals surface area contributed by atoms with Gasteiger partial charge in [-0.05, 0) is 19.1 Å². The Bertz CT molecular complexity index is 495. The number of aromatic amines is 1. The molecule has 0 bridgehead atoms. The highest BCUT2D eigenvalue weighted by Crippen LogP contribution is 2.37. The average molecular weight is 297 g/mol. The molecule has 20 heavy (non-hydrogen) atoms. The van der Waals surface area contributed by atoms with Crippen LogP contribution in [0.1, 0.15) is 53.1 Å². The first-order valence-electron chi connectivity index (χ1n) is 6.68. The van der Waals surface area contributed by atoms with Gasteiger partial charge < -0.3 is 15.4 Å². The third-order valence-corrected chi connectivity index (χ3v) is 5.26. The molecule has 3 N–H and O–H groups in total. The monoisotopic (exact) mass is 297 g/mol. The molecule has 0 atom stereocenters. The molecule has 0 aromatic carbocycles. The van der Waals surface area contributed by atoms with Crippen molar-refractivity contribution >= 4 is 23.6 Å². The second-order valence-corrected chi connectivity index (χ2v) is 6.34. The molecule has 1 aliphatic carbocycles. The molecule has 1 heterocycles. The van der Waals surface area contributed by atoms with Crippen molar-refractivity contribution in [2.75, 3.05) is 12.8 Å². The summed E-state index contributed by atoms with van der Waals surface area (Å²) >= 11 is 1.78. The molecule has 1 aromatic rings. The Hall–Kier alpha value is -1.50. The summed E-state index contributed by atoms with van der Waals surface area (Å²) in [6.07, 6.45) is 9.07. The SMILES string of the molecule is CSC1(CNC(=O)c2nc[nH]c2C(=O)O)CCCCC1. The minimum absolute atomic E-state index is 0.0513. The van der Waals surface area contributed by atoms with E-state index in [9.17, 15) is 9.59 Å². The van der Waals surface area contributed by atoms with E-state index in [2.05, 4.69) is 21.5 Å². The Labute approximate surface area is 121 Å². The number of nitrogens with one attached hydrogen (secondary N) is 2. The van der Waals surface area contributed by atoms with Gasteiger partial charge in [0.25, 0.3) is 5.91 Å². The van der Waals surface area contributed by atoms with Gasteiger partial charge in [-0.2, -0.15) is 11.8 Å². The molecule has 1 fully saturated rings. The van der Waals surface area contributed by atoms with E-state index >= 15 is 0 Å². The largest absolute Gasteiger partial charge is 0.477 e. The molecule has 0 aliphatic heterocycles. The molecule has 0 spiro atoms. The van der Waals surface area contributed by atoms with Crippen molar-refractivity contribution < 1.29 is 14.7 Å². The van der Waals surface area contributed by atoms with Crippen LogP contribution in [0.15, 0.2) is 6.33 Å². The van der Waals surface area contributed by atoms with Crippen LogP contribution < -0.4 is 5.32 Å². The molecule has 2 rings (SSSR count). The molecule has 7 heteroatoms. The van der Waals surface area contributed by atoms with Gasteiger partial charge in [-0.15, -0.1) is 0 Å². The molecule has 1 amide bonds. The zero-order chi connectivity index (χ0) is 14.6. The summed E-state index contributed by atoms with van der Waals surface area (Å²) in [7, 11) is 0. The van der Waals surface area contributed by atoms with Crippen LogP contribution in [0.3, 0.4) is 0 Å². The summed E-state index contributed by atoms with van der Waals surface area (Å²) in [5, 5.41) is 11.8.